The smallest absolute Gasteiger partial charge is 0.243 e. The van der Waals surface area contributed by atoms with Crippen LogP contribution < -0.4 is 10.6 Å². The predicted molar refractivity (Wildman–Crippen MR) is 95.7 cm³/mol. The van der Waals surface area contributed by atoms with Gasteiger partial charge < -0.3 is 5.32 Å². The highest BCUT2D eigenvalue weighted by molar-refractivity contribution is 7.15. The lowest BCUT2D eigenvalue weighted by molar-refractivity contribution is -0.118. The molecule has 3 rings (SSSR count). The lowest BCUT2D eigenvalue weighted by atomic mass is 10.0. The Kier molecular flexibility index (Phi) is 6.77. The van der Waals surface area contributed by atoms with Gasteiger partial charge in [-0.15, -0.1) is 22.6 Å². The summed E-state index contributed by atoms with van der Waals surface area (Å²) in [6.45, 7) is 0.897. The maximum atomic E-state index is 12.1. The SMILES string of the molecule is Cl.O=C(Nc1nnc(Cc2cccc(Cl)c2)s1)C1CCCCN1. The zero-order chi connectivity index (χ0) is 15.4. The standard InChI is InChI=1S/C15H17ClN4OS.ClH/c16-11-5-3-4-10(8-11)9-13-19-20-15(22-13)18-14(21)12-6-1-2-7-17-12;/h3-5,8,12,17H,1-2,6-7,9H2,(H,18,20,21);1H. The molecule has 124 valence electrons. The first-order chi connectivity index (χ1) is 10.7. The van der Waals surface area contributed by atoms with Gasteiger partial charge >= 0.3 is 0 Å². The van der Waals surface area contributed by atoms with Gasteiger partial charge in [0.15, 0.2) is 0 Å². The Hall–Kier alpha value is -1.21. The third-order valence-corrected chi connectivity index (χ3v) is 4.64. The van der Waals surface area contributed by atoms with Crippen molar-refractivity contribution in [2.24, 2.45) is 0 Å². The summed E-state index contributed by atoms with van der Waals surface area (Å²) in [7, 11) is 0. The van der Waals surface area contributed by atoms with Crippen LogP contribution in [-0.2, 0) is 11.2 Å². The average molecular weight is 373 g/mol. The summed E-state index contributed by atoms with van der Waals surface area (Å²) in [5.74, 6) is -0.0230. The quantitative estimate of drug-likeness (QED) is 0.863. The van der Waals surface area contributed by atoms with Gasteiger partial charge in [0.2, 0.25) is 11.0 Å². The van der Waals surface area contributed by atoms with Gasteiger partial charge in [-0.2, -0.15) is 0 Å². The highest BCUT2D eigenvalue weighted by Crippen LogP contribution is 2.21. The summed E-state index contributed by atoms with van der Waals surface area (Å²) in [5, 5.41) is 16.4. The van der Waals surface area contributed by atoms with Crippen molar-refractivity contribution in [3.05, 3.63) is 39.9 Å². The fraction of sp³-hybridized carbons (Fsp3) is 0.400. The van der Waals surface area contributed by atoms with E-state index in [0.29, 0.717) is 16.6 Å². The summed E-state index contributed by atoms with van der Waals surface area (Å²) in [6, 6.07) is 7.54. The van der Waals surface area contributed by atoms with Crippen LogP contribution in [-0.4, -0.2) is 28.7 Å². The minimum absolute atomic E-state index is 0. The first-order valence-corrected chi connectivity index (χ1v) is 8.51. The van der Waals surface area contributed by atoms with Gasteiger partial charge in [-0.05, 0) is 37.1 Å². The van der Waals surface area contributed by atoms with Crippen LogP contribution in [0.4, 0.5) is 5.13 Å². The molecule has 0 bridgehead atoms. The predicted octanol–water partition coefficient (Wildman–Crippen LogP) is 3.28. The maximum absolute atomic E-state index is 12.1. The normalized spacial score (nSPS) is 17.3. The number of nitrogens with one attached hydrogen (secondary N) is 2. The number of nitrogens with zero attached hydrogens (tertiary/aromatic N) is 2. The number of hydrogen-bond donors (Lipinski definition) is 2. The van der Waals surface area contributed by atoms with Gasteiger partial charge in [-0.1, -0.05) is 41.5 Å². The number of carbonyl (C=O) groups is 1. The van der Waals surface area contributed by atoms with E-state index in [1.807, 2.05) is 24.3 Å². The van der Waals surface area contributed by atoms with Crippen LogP contribution in [0.15, 0.2) is 24.3 Å². The molecule has 1 aliphatic rings. The summed E-state index contributed by atoms with van der Waals surface area (Å²) >= 11 is 7.38. The number of piperidine rings is 1. The van der Waals surface area contributed by atoms with E-state index < -0.39 is 0 Å². The van der Waals surface area contributed by atoms with E-state index in [1.165, 1.54) is 11.3 Å². The molecule has 5 nitrogen and oxygen atoms in total. The molecule has 1 aromatic carbocycles. The topological polar surface area (TPSA) is 66.9 Å². The van der Waals surface area contributed by atoms with Crippen molar-refractivity contribution < 1.29 is 4.79 Å². The summed E-state index contributed by atoms with van der Waals surface area (Å²) < 4.78 is 0. The Morgan fingerprint density at radius 2 is 2.26 bits per heavy atom. The van der Waals surface area contributed by atoms with Crippen molar-refractivity contribution in [2.75, 3.05) is 11.9 Å². The van der Waals surface area contributed by atoms with Gasteiger partial charge in [0.1, 0.15) is 5.01 Å². The van der Waals surface area contributed by atoms with E-state index in [0.717, 1.165) is 36.4 Å². The van der Waals surface area contributed by atoms with E-state index in [4.69, 9.17) is 11.6 Å². The van der Waals surface area contributed by atoms with Crippen molar-refractivity contribution in [3.63, 3.8) is 0 Å². The molecule has 0 spiro atoms. The van der Waals surface area contributed by atoms with Crippen molar-refractivity contribution in [2.45, 2.75) is 31.7 Å². The van der Waals surface area contributed by atoms with Crippen molar-refractivity contribution >= 4 is 46.4 Å². The summed E-state index contributed by atoms with van der Waals surface area (Å²) in [6.07, 6.45) is 3.75. The molecule has 8 heteroatoms. The molecule has 1 aromatic heterocycles. The Bertz CT molecular complexity index is 658. The lowest BCUT2D eigenvalue weighted by Crippen LogP contribution is -2.43. The summed E-state index contributed by atoms with van der Waals surface area (Å²) in [5.41, 5.74) is 1.08. The molecule has 2 N–H and O–H groups in total. The molecular formula is C15H18Cl2N4OS. The van der Waals surface area contributed by atoms with Crippen LogP contribution in [0, 0.1) is 0 Å². The second kappa shape index (κ2) is 8.59. The fourth-order valence-corrected chi connectivity index (χ4v) is 3.46. The molecule has 0 aliphatic carbocycles. The van der Waals surface area contributed by atoms with Gasteiger partial charge in [0.25, 0.3) is 0 Å². The number of rotatable bonds is 4. The molecular weight excluding hydrogens is 355 g/mol. The largest absolute Gasteiger partial charge is 0.306 e. The average Bonchev–Trinajstić information content (AvgIpc) is 2.95. The molecule has 1 unspecified atom stereocenters. The Morgan fingerprint density at radius 1 is 1.39 bits per heavy atom. The van der Waals surface area contributed by atoms with E-state index in [2.05, 4.69) is 20.8 Å². The molecule has 0 radical (unpaired) electrons. The van der Waals surface area contributed by atoms with Crippen LogP contribution in [0.2, 0.25) is 5.02 Å². The van der Waals surface area contributed by atoms with Crippen molar-refractivity contribution in [3.8, 4) is 0 Å². The number of aromatic nitrogens is 2. The lowest BCUT2D eigenvalue weighted by Gasteiger charge is -2.21. The number of anilines is 1. The monoisotopic (exact) mass is 372 g/mol. The second-order valence-electron chi connectivity index (χ2n) is 5.30. The number of hydrogen-bond acceptors (Lipinski definition) is 5. The number of benzene rings is 1. The molecule has 2 aromatic rings. The molecule has 1 aliphatic heterocycles. The van der Waals surface area contributed by atoms with Crippen LogP contribution in [0.3, 0.4) is 0 Å². The highest BCUT2D eigenvalue weighted by atomic mass is 35.5. The first-order valence-electron chi connectivity index (χ1n) is 7.32. The Morgan fingerprint density at radius 3 is 3.00 bits per heavy atom. The molecule has 1 atom stereocenters. The minimum atomic E-state index is -0.117. The van der Waals surface area contributed by atoms with Crippen LogP contribution in [0.25, 0.3) is 0 Å². The minimum Gasteiger partial charge on any atom is -0.306 e. The molecule has 1 saturated heterocycles. The van der Waals surface area contributed by atoms with E-state index in [1.54, 1.807) is 0 Å². The van der Waals surface area contributed by atoms with Crippen LogP contribution in [0.1, 0.15) is 29.8 Å². The van der Waals surface area contributed by atoms with Crippen LogP contribution in [0.5, 0.6) is 0 Å². The zero-order valence-electron chi connectivity index (χ0n) is 12.4. The maximum Gasteiger partial charge on any atom is 0.243 e. The summed E-state index contributed by atoms with van der Waals surface area (Å²) in [4.78, 5) is 12.1. The molecule has 0 saturated carbocycles. The molecule has 23 heavy (non-hydrogen) atoms. The van der Waals surface area contributed by atoms with E-state index in [-0.39, 0.29) is 24.4 Å². The van der Waals surface area contributed by atoms with Gasteiger partial charge in [-0.25, -0.2) is 0 Å². The van der Waals surface area contributed by atoms with Gasteiger partial charge in [-0.3, -0.25) is 10.1 Å². The van der Waals surface area contributed by atoms with Crippen molar-refractivity contribution in [1.29, 1.82) is 0 Å². The van der Waals surface area contributed by atoms with Crippen LogP contribution >= 0.6 is 35.3 Å². The third kappa shape index (κ3) is 5.14. The zero-order valence-corrected chi connectivity index (χ0v) is 14.8. The highest BCUT2D eigenvalue weighted by Gasteiger charge is 2.21. The molecule has 2 heterocycles. The van der Waals surface area contributed by atoms with E-state index in [9.17, 15) is 4.79 Å². The van der Waals surface area contributed by atoms with Gasteiger partial charge in [0.05, 0.1) is 6.04 Å². The number of amides is 1. The first kappa shape index (κ1) is 18.1. The number of carbonyl (C=O) groups excluding carboxylic acids is 1. The fourth-order valence-electron chi connectivity index (χ4n) is 2.47. The molecule has 1 fully saturated rings. The Labute approximate surface area is 150 Å². The van der Waals surface area contributed by atoms with E-state index >= 15 is 0 Å². The Balaban J connectivity index is 0.00000192. The third-order valence-electron chi connectivity index (χ3n) is 3.57. The van der Waals surface area contributed by atoms with Crippen molar-refractivity contribution in [1.82, 2.24) is 15.5 Å². The second-order valence-corrected chi connectivity index (χ2v) is 6.80. The molecule has 1 amide bonds. The number of halogens is 2. The van der Waals surface area contributed by atoms with Gasteiger partial charge in [0, 0.05) is 11.4 Å².